The Kier molecular flexibility index (Phi) is 6.40. The number of amidine groups is 1. The van der Waals surface area contributed by atoms with Gasteiger partial charge in [-0.15, -0.1) is 0 Å². The summed E-state index contributed by atoms with van der Waals surface area (Å²) in [6, 6.07) is 23.4. The number of allylic oxidation sites excluding steroid dienone is 1. The van der Waals surface area contributed by atoms with Gasteiger partial charge < -0.3 is 9.15 Å². The highest BCUT2D eigenvalue weighted by Gasteiger charge is 2.09. The second kappa shape index (κ2) is 9.73. The van der Waals surface area contributed by atoms with Gasteiger partial charge in [-0.3, -0.25) is 9.63 Å². The van der Waals surface area contributed by atoms with Gasteiger partial charge in [0.15, 0.2) is 12.0 Å². The second-order valence-electron chi connectivity index (χ2n) is 6.78. The van der Waals surface area contributed by atoms with Crippen LogP contribution in [0.4, 0.5) is 0 Å². The van der Waals surface area contributed by atoms with Gasteiger partial charge in [-0.1, -0.05) is 54.6 Å². The van der Waals surface area contributed by atoms with Crippen LogP contribution in [-0.2, 0) is 21.0 Å². The quantitative estimate of drug-likeness (QED) is 0.112. The smallest absolute Gasteiger partial charge is 0.315 e. The van der Waals surface area contributed by atoms with Crippen molar-refractivity contribution in [2.24, 2.45) is 4.99 Å². The van der Waals surface area contributed by atoms with Gasteiger partial charge in [-0.25, -0.2) is 10.5 Å². The molecule has 1 N–H and O–H groups in total. The van der Waals surface area contributed by atoms with Crippen LogP contribution in [0.1, 0.15) is 18.1 Å². The number of hydrogen-bond acceptors (Lipinski definition) is 5. The minimum Gasteiger partial charge on any atom is -0.456 e. The molecule has 156 valence electrons. The number of carbonyl (C=O) groups is 1. The number of aliphatic imine (C=N–C) groups is 1. The molecule has 0 atom stereocenters. The summed E-state index contributed by atoms with van der Waals surface area (Å²) in [7, 11) is 0. The van der Waals surface area contributed by atoms with Crippen molar-refractivity contribution in [3.63, 3.8) is 0 Å². The first kappa shape index (κ1) is 20.4. The molecule has 0 unspecified atom stereocenters. The number of carbonyl (C=O) groups excluding carboxylic acids is 1. The lowest BCUT2D eigenvalue weighted by Gasteiger charge is -2.11. The van der Waals surface area contributed by atoms with E-state index in [1.807, 2.05) is 79.7 Å². The summed E-state index contributed by atoms with van der Waals surface area (Å²) in [6.07, 6.45) is 2.29. The van der Waals surface area contributed by atoms with Crippen LogP contribution in [-0.4, -0.2) is 18.9 Å². The number of hydroxylamine groups is 1. The third-order valence-corrected chi connectivity index (χ3v) is 4.58. The van der Waals surface area contributed by atoms with Crippen molar-refractivity contribution in [1.82, 2.24) is 5.48 Å². The van der Waals surface area contributed by atoms with Crippen LogP contribution in [0.3, 0.4) is 0 Å². The van der Waals surface area contributed by atoms with E-state index in [2.05, 4.69) is 10.5 Å². The zero-order valence-corrected chi connectivity index (χ0v) is 17.1. The van der Waals surface area contributed by atoms with Crippen molar-refractivity contribution in [2.45, 2.75) is 13.5 Å². The van der Waals surface area contributed by atoms with Crippen molar-refractivity contribution in [3.8, 4) is 0 Å². The molecule has 0 amide bonds. The third kappa shape index (κ3) is 4.99. The van der Waals surface area contributed by atoms with E-state index >= 15 is 0 Å². The molecule has 4 aromatic rings. The maximum atomic E-state index is 11.6. The van der Waals surface area contributed by atoms with Crippen LogP contribution in [0.25, 0.3) is 28.0 Å². The SMILES string of the molecule is CCN=C(NOCc1ccccc1)O/C(C=O)=C/c1ccc2oc3ccccc3c2c1. The van der Waals surface area contributed by atoms with Crippen LogP contribution in [0.2, 0.25) is 0 Å². The van der Waals surface area contributed by atoms with Crippen LogP contribution in [0.15, 0.2) is 88.0 Å². The highest BCUT2D eigenvalue weighted by atomic mass is 16.7. The normalized spacial score (nSPS) is 12.3. The van der Waals surface area contributed by atoms with Gasteiger partial charge in [0.1, 0.15) is 11.2 Å². The molecule has 0 radical (unpaired) electrons. The van der Waals surface area contributed by atoms with Gasteiger partial charge in [0.25, 0.3) is 0 Å². The van der Waals surface area contributed by atoms with Gasteiger partial charge in [-0.05, 0) is 42.3 Å². The summed E-state index contributed by atoms with van der Waals surface area (Å²) in [5.41, 5.74) is 6.10. The number of ether oxygens (including phenoxy) is 1. The summed E-state index contributed by atoms with van der Waals surface area (Å²) in [5, 5.41) is 1.99. The van der Waals surface area contributed by atoms with E-state index in [0.717, 1.165) is 33.1 Å². The summed E-state index contributed by atoms with van der Waals surface area (Å²) >= 11 is 0. The van der Waals surface area contributed by atoms with Crippen molar-refractivity contribution in [3.05, 3.63) is 89.7 Å². The molecule has 0 fully saturated rings. The molecule has 6 nitrogen and oxygen atoms in total. The molecule has 1 aromatic heterocycles. The van der Waals surface area contributed by atoms with Crippen LogP contribution >= 0.6 is 0 Å². The average Bonchev–Trinajstić information content (AvgIpc) is 3.17. The first-order valence-electron chi connectivity index (χ1n) is 9.99. The minimum atomic E-state index is 0.107. The van der Waals surface area contributed by atoms with E-state index in [1.54, 1.807) is 6.08 Å². The highest BCUT2D eigenvalue weighted by molar-refractivity contribution is 6.05. The average molecular weight is 414 g/mol. The Labute approximate surface area is 179 Å². The van der Waals surface area contributed by atoms with E-state index in [0.29, 0.717) is 19.4 Å². The predicted molar refractivity (Wildman–Crippen MR) is 121 cm³/mol. The number of para-hydroxylation sites is 1. The van der Waals surface area contributed by atoms with Crippen LogP contribution in [0.5, 0.6) is 0 Å². The number of benzene rings is 3. The Morgan fingerprint density at radius 2 is 1.77 bits per heavy atom. The van der Waals surface area contributed by atoms with Crippen molar-refractivity contribution in [1.29, 1.82) is 0 Å². The van der Waals surface area contributed by atoms with E-state index in [4.69, 9.17) is 14.0 Å². The first-order valence-corrected chi connectivity index (χ1v) is 9.99. The molecular formula is C25H22N2O4. The Morgan fingerprint density at radius 3 is 2.58 bits per heavy atom. The molecule has 0 aliphatic heterocycles. The molecule has 3 aromatic carbocycles. The topological polar surface area (TPSA) is 73.1 Å². The maximum absolute atomic E-state index is 11.6. The molecule has 0 saturated heterocycles. The van der Waals surface area contributed by atoms with Crippen LogP contribution < -0.4 is 5.48 Å². The Hall–Kier alpha value is -3.90. The fourth-order valence-corrected chi connectivity index (χ4v) is 3.18. The number of rotatable bonds is 7. The molecule has 4 rings (SSSR count). The lowest BCUT2D eigenvalue weighted by Crippen LogP contribution is -2.26. The summed E-state index contributed by atoms with van der Waals surface area (Å²) in [6.45, 7) is 2.66. The number of aldehydes is 1. The van der Waals surface area contributed by atoms with E-state index in [1.165, 1.54) is 0 Å². The summed E-state index contributed by atoms with van der Waals surface area (Å²) in [5.74, 6) is 0.107. The number of nitrogens with one attached hydrogen (secondary N) is 1. The maximum Gasteiger partial charge on any atom is 0.315 e. The lowest BCUT2D eigenvalue weighted by atomic mass is 10.1. The number of furan rings is 1. The molecule has 1 heterocycles. The fourth-order valence-electron chi connectivity index (χ4n) is 3.18. The monoisotopic (exact) mass is 414 g/mol. The van der Waals surface area contributed by atoms with Gasteiger partial charge >= 0.3 is 6.02 Å². The summed E-state index contributed by atoms with van der Waals surface area (Å²) < 4.78 is 11.5. The summed E-state index contributed by atoms with van der Waals surface area (Å²) in [4.78, 5) is 21.3. The van der Waals surface area contributed by atoms with Gasteiger partial charge in [-0.2, -0.15) is 0 Å². The molecule has 0 bridgehead atoms. The molecule has 6 heteroatoms. The number of nitrogens with zero attached hydrogens (tertiary/aromatic N) is 1. The lowest BCUT2D eigenvalue weighted by molar-refractivity contribution is -0.106. The van der Waals surface area contributed by atoms with Crippen molar-refractivity contribution < 1.29 is 18.8 Å². The third-order valence-electron chi connectivity index (χ3n) is 4.58. The molecular weight excluding hydrogens is 392 g/mol. The molecule has 31 heavy (non-hydrogen) atoms. The number of hydrogen-bond donors (Lipinski definition) is 1. The van der Waals surface area contributed by atoms with Crippen molar-refractivity contribution >= 4 is 40.3 Å². The Morgan fingerprint density at radius 1 is 1.00 bits per heavy atom. The second-order valence-corrected chi connectivity index (χ2v) is 6.78. The van der Waals surface area contributed by atoms with Gasteiger partial charge in [0, 0.05) is 17.3 Å². The van der Waals surface area contributed by atoms with E-state index in [-0.39, 0.29) is 11.8 Å². The van der Waals surface area contributed by atoms with E-state index < -0.39 is 0 Å². The largest absolute Gasteiger partial charge is 0.456 e. The van der Waals surface area contributed by atoms with Crippen molar-refractivity contribution in [2.75, 3.05) is 6.54 Å². The molecule has 0 spiro atoms. The predicted octanol–water partition coefficient (Wildman–Crippen LogP) is 5.24. The molecule has 0 saturated carbocycles. The fraction of sp³-hybridized carbons (Fsp3) is 0.120. The van der Waals surface area contributed by atoms with E-state index in [9.17, 15) is 4.79 Å². The standard InChI is InChI=1S/C25H22N2O4/c1-2-26-25(27-29-17-18-8-4-3-5-9-18)30-20(16-28)14-19-12-13-24-22(15-19)21-10-6-7-11-23(21)31-24/h3-16H,2,17H2,1H3,(H,26,27)/b20-14+. The number of fused-ring (bicyclic) bond motifs is 3. The molecule has 0 aliphatic carbocycles. The Balaban J connectivity index is 1.50. The highest BCUT2D eigenvalue weighted by Crippen LogP contribution is 2.29. The Bertz CT molecular complexity index is 1240. The zero-order valence-electron chi connectivity index (χ0n) is 17.1. The first-order chi connectivity index (χ1) is 15.3. The minimum absolute atomic E-state index is 0.107. The van der Waals surface area contributed by atoms with Gasteiger partial charge in [0.2, 0.25) is 0 Å². The van der Waals surface area contributed by atoms with Gasteiger partial charge in [0.05, 0.1) is 6.61 Å². The van der Waals surface area contributed by atoms with Crippen LogP contribution in [0, 0.1) is 0 Å². The molecule has 0 aliphatic rings. The zero-order chi connectivity index (χ0) is 21.5.